The molecule has 0 saturated heterocycles. The molecule has 0 nitrogen and oxygen atoms in total. The predicted molar refractivity (Wildman–Crippen MR) is 208 cm³/mol. The van der Waals surface area contributed by atoms with Gasteiger partial charge in [-0.15, -0.1) is 0 Å². The first-order valence-corrected chi connectivity index (χ1v) is 16.9. The first kappa shape index (κ1) is 24.9. The number of hydrogen-bond donors (Lipinski definition) is 0. The normalized spacial score (nSPS) is 12.6. The highest BCUT2D eigenvalue weighted by atomic mass is 14.3. The maximum absolute atomic E-state index is 2.54. The summed E-state index contributed by atoms with van der Waals surface area (Å²) in [6.07, 6.45) is 0. The van der Waals surface area contributed by atoms with Crippen molar-refractivity contribution in [2.45, 2.75) is 0 Å². The van der Waals surface area contributed by atoms with E-state index in [1.807, 2.05) is 0 Å². The molecule has 0 amide bonds. The van der Waals surface area contributed by atoms with Crippen molar-refractivity contribution in [3.63, 3.8) is 0 Å². The standard InChI is InChI=1S/C48H26/c1-3-10-28(11-4-1)43-39-25-36-33-23-22-31-21-20-30-14-7-17-32-24-38(46(33)45(31)41(30)32)37(36)26-40(39)44(29-12-5-2-6-13-29)48-35-19-9-16-27-15-8-18-34(42(27)35)47(43)48/h1-26H. The van der Waals surface area contributed by atoms with Gasteiger partial charge in [-0.25, -0.2) is 0 Å². The number of fused-ring (bicyclic) bond motifs is 7. The van der Waals surface area contributed by atoms with E-state index in [-0.39, 0.29) is 0 Å². The predicted octanol–water partition coefficient (Wildman–Crippen LogP) is 13.7. The van der Waals surface area contributed by atoms with Crippen LogP contribution in [0, 0.1) is 0 Å². The third-order valence-corrected chi connectivity index (χ3v) is 11.2. The van der Waals surface area contributed by atoms with Crippen LogP contribution < -0.4 is 0 Å². The highest BCUT2D eigenvalue weighted by Gasteiger charge is 2.25. The summed E-state index contributed by atoms with van der Waals surface area (Å²) in [7, 11) is 0. The van der Waals surface area contributed by atoms with Crippen molar-refractivity contribution >= 4 is 97.0 Å². The van der Waals surface area contributed by atoms with Crippen LogP contribution in [0.1, 0.15) is 0 Å². The zero-order chi connectivity index (χ0) is 31.1. The van der Waals surface area contributed by atoms with E-state index in [1.165, 1.54) is 119 Å². The molecule has 0 aliphatic heterocycles. The van der Waals surface area contributed by atoms with Crippen molar-refractivity contribution in [3.8, 4) is 22.3 Å². The molecule has 0 heterocycles. The molecule has 218 valence electrons. The summed E-state index contributed by atoms with van der Waals surface area (Å²) in [6, 6.07) is 59.4. The monoisotopic (exact) mass is 602 g/mol. The Balaban J connectivity index is 1.40. The molecule has 0 bridgehead atoms. The molecule has 0 atom stereocenters. The first-order chi connectivity index (χ1) is 23.8. The van der Waals surface area contributed by atoms with E-state index in [2.05, 4.69) is 158 Å². The third-order valence-electron chi connectivity index (χ3n) is 11.2. The summed E-state index contributed by atoms with van der Waals surface area (Å²) in [5.41, 5.74) is 5.17. The molecule has 0 aromatic heterocycles. The van der Waals surface area contributed by atoms with E-state index in [0.717, 1.165) is 0 Å². The largest absolute Gasteiger partial charge is 0.0622 e. The van der Waals surface area contributed by atoms with Crippen molar-refractivity contribution in [1.29, 1.82) is 0 Å². The Kier molecular flexibility index (Phi) is 4.55. The molecule has 0 N–H and O–H groups in total. The Hall–Kier alpha value is -6.24. The molecule has 0 heteroatoms. The number of benzene rings is 10. The number of hydrogen-bond acceptors (Lipinski definition) is 0. The Labute approximate surface area is 276 Å². The lowest BCUT2D eigenvalue weighted by molar-refractivity contribution is 1.68. The highest BCUT2D eigenvalue weighted by molar-refractivity contribution is 6.44. The summed E-state index contributed by atoms with van der Waals surface area (Å²) in [5.74, 6) is 0. The van der Waals surface area contributed by atoms with Crippen LogP contribution in [0.4, 0.5) is 0 Å². The molecule has 0 radical (unpaired) electrons. The topological polar surface area (TPSA) is 0 Å². The van der Waals surface area contributed by atoms with Gasteiger partial charge in [-0.2, -0.15) is 0 Å². The van der Waals surface area contributed by atoms with Crippen molar-refractivity contribution in [3.05, 3.63) is 158 Å². The molecule has 12 rings (SSSR count). The van der Waals surface area contributed by atoms with Crippen LogP contribution in [0.3, 0.4) is 0 Å². The SMILES string of the molecule is c1ccc(-c2c3cc4c(cc3c(-c3ccccc3)c3c5cccc6cccc(c23)c65)c2cc3cccc5ccc6ccc4c2c6c53)cc1. The van der Waals surface area contributed by atoms with Crippen LogP contribution in [-0.4, -0.2) is 0 Å². The zero-order valence-electron chi connectivity index (χ0n) is 26.0. The van der Waals surface area contributed by atoms with E-state index in [0.29, 0.717) is 0 Å². The van der Waals surface area contributed by atoms with Gasteiger partial charge in [-0.3, -0.25) is 0 Å². The molecule has 0 spiro atoms. The van der Waals surface area contributed by atoms with Crippen LogP contribution in [-0.2, 0) is 0 Å². The smallest absolute Gasteiger partial charge is 0.000741 e. The summed E-state index contributed by atoms with van der Waals surface area (Å²) >= 11 is 0. The van der Waals surface area contributed by atoms with E-state index in [9.17, 15) is 0 Å². The number of rotatable bonds is 2. The summed E-state index contributed by atoms with van der Waals surface area (Å²) in [6.45, 7) is 0. The molecule has 12 aromatic rings. The Morgan fingerprint density at radius 2 is 0.708 bits per heavy atom. The van der Waals surface area contributed by atoms with Gasteiger partial charge in [-0.05, 0) is 137 Å². The van der Waals surface area contributed by atoms with Gasteiger partial charge < -0.3 is 0 Å². The minimum absolute atomic E-state index is 1.26. The average molecular weight is 603 g/mol. The molecule has 0 fully saturated rings. The fourth-order valence-corrected chi connectivity index (χ4v) is 9.37. The highest BCUT2D eigenvalue weighted by Crippen LogP contribution is 2.53. The van der Waals surface area contributed by atoms with Gasteiger partial charge >= 0.3 is 0 Å². The van der Waals surface area contributed by atoms with E-state index >= 15 is 0 Å². The van der Waals surface area contributed by atoms with Crippen LogP contribution in [0.5, 0.6) is 0 Å². The average Bonchev–Trinajstić information content (AvgIpc) is 3.64. The molecule has 0 aliphatic carbocycles. The quantitative estimate of drug-likeness (QED) is 0.173. The van der Waals surface area contributed by atoms with Crippen molar-refractivity contribution in [2.75, 3.05) is 0 Å². The zero-order valence-corrected chi connectivity index (χ0v) is 26.0. The minimum atomic E-state index is 1.26. The fourth-order valence-electron chi connectivity index (χ4n) is 9.37. The molecule has 48 heavy (non-hydrogen) atoms. The summed E-state index contributed by atoms with van der Waals surface area (Å²) < 4.78 is 0. The molecule has 0 aliphatic rings. The second-order valence-corrected chi connectivity index (χ2v) is 13.5. The van der Waals surface area contributed by atoms with E-state index in [1.54, 1.807) is 0 Å². The lowest BCUT2D eigenvalue weighted by atomic mass is 9.85. The Morgan fingerprint density at radius 3 is 1.33 bits per heavy atom. The van der Waals surface area contributed by atoms with Gasteiger partial charge in [0.1, 0.15) is 0 Å². The van der Waals surface area contributed by atoms with Crippen LogP contribution in [0.25, 0.3) is 119 Å². The minimum Gasteiger partial charge on any atom is -0.0622 e. The molecule has 12 aromatic carbocycles. The van der Waals surface area contributed by atoms with Gasteiger partial charge in [-0.1, -0.05) is 140 Å². The van der Waals surface area contributed by atoms with Gasteiger partial charge in [0, 0.05) is 0 Å². The lowest BCUT2D eigenvalue weighted by Gasteiger charge is -2.17. The van der Waals surface area contributed by atoms with Gasteiger partial charge in [0.15, 0.2) is 0 Å². The maximum Gasteiger partial charge on any atom is -0.000741 e. The second-order valence-electron chi connectivity index (χ2n) is 13.5. The van der Waals surface area contributed by atoms with Crippen molar-refractivity contribution in [2.24, 2.45) is 0 Å². The maximum atomic E-state index is 2.54. The first-order valence-electron chi connectivity index (χ1n) is 16.9. The molecule has 0 saturated carbocycles. The van der Waals surface area contributed by atoms with Gasteiger partial charge in [0.25, 0.3) is 0 Å². The lowest BCUT2D eigenvalue weighted by Crippen LogP contribution is -1.89. The Morgan fingerprint density at radius 1 is 0.208 bits per heavy atom. The van der Waals surface area contributed by atoms with Gasteiger partial charge in [0.05, 0.1) is 0 Å². The van der Waals surface area contributed by atoms with Crippen LogP contribution in [0.2, 0.25) is 0 Å². The fraction of sp³-hybridized carbons (Fsp3) is 0. The summed E-state index contributed by atoms with van der Waals surface area (Å²) in [4.78, 5) is 0. The van der Waals surface area contributed by atoms with Crippen molar-refractivity contribution in [1.82, 2.24) is 0 Å². The van der Waals surface area contributed by atoms with Crippen LogP contribution in [0.15, 0.2) is 158 Å². The molecular formula is C48H26. The van der Waals surface area contributed by atoms with E-state index in [4.69, 9.17) is 0 Å². The van der Waals surface area contributed by atoms with E-state index < -0.39 is 0 Å². The second kappa shape index (κ2) is 8.76. The van der Waals surface area contributed by atoms with Crippen molar-refractivity contribution < 1.29 is 0 Å². The third kappa shape index (κ3) is 2.97. The molecular weight excluding hydrogens is 577 g/mol. The van der Waals surface area contributed by atoms with Crippen LogP contribution >= 0.6 is 0 Å². The summed E-state index contributed by atoms with van der Waals surface area (Å²) in [5, 5.41) is 24.1. The Bertz CT molecular complexity index is 3240. The molecule has 0 unspecified atom stereocenters. The van der Waals surface area contributed by atoms with Gasteiger partial charge in [0.2, 0.25) is 0 Å².